The van der Waals surface area contributed by atoms with E-state index in [2.05, 4.69) is 13.8 Å². The summed E-state index contributed by atoms with van der Waals surface area (Å²) in [5, 5.41) is 0. The Balaban J connectivity index is 2.14. The molecular weight excluding hydrogens is 184 g/mol. The van der Waals surface area contributed by atoms with E-state index in [9.17, 15) is 0 Å². The molecule has 15 heavy (non-hydrogen) atoms. The quantitative estimate of drug-likeness (QED) is 0.800. The van der Waals surface area contributed by atoms with Crippen LogP contribution in [0.25, 0.3) is 0 Å². The Labute approximate surface area is 90.9 Å². The van der Waals surface area contributed by atoms with Crippen LogP contribution in [0.1, 0.15) is 60.0 Å². The van der Waals surface area contributed by atoms with E-state index in [1.54, 1.807) is 0 Å². The molecule has 0 radical (unpaired) electrons. The summed E-state index contributed by atoms with van der Waals surface area (Å²) in [7, 11) is 0. The van der Waals surface area contributed by atoms with Gasteiger partial charge in [-0.25, -0.2) is 0 Å². The lowest BCUT2D eigenvalue weighted by molar-refractivity contribution is 0.910. The first kappa shape index (κ1) is 9.20. The Morgan fingerprint density at radius 1 is 0.933 bits per heavy atom. The van der Waals surface area contributed by atoms with E-state index >= 15 is 0 Å². The molecule has 2 aliphatic rings. The zero-order chi connectivity index (χ0) is 10.6. The molecule has 0 bridgehead atoms. The topological polar surface area (TPSA) is 38.9 Å². The number of nitrogens with two attached hydrogens (primary N) is 1. The summed E-state index contributed by atoms with van der Waals surface area (Å²) in [5.74, 6) is 1.43. The molecule has 1 aromatic rings. The predicted molar refractivity (Wildman–Crippen MR) is 62.1 cm³/mol. The van der Waals surface area contributed by atoms with E-state index in [1.807, 2.05) is 0 Å². The lowest BCUT2D eigenvalue weighted by Crippen LogP contribution is -2.05. The van der Waals surface area contributed by atoms with Gasteiger partial charge in [-0.1, -0.05) is 0 Å². The summed E-state index contributed by atoms with van der Waals surface area (Å²) in [6.07, 6.45) is 5.22. The average Bonchev–Trinajstić information content (AvgIpc) is 3.02. The molecule has 0 saturated heterocycles. The third-order valence-electron chi connectivity index (χ3n) is 3.75. The number of nitrogen functional groups attached to an aromatic ring is 1. The number of anilines is 1. The number of aromatic nitrogens is 1. The Hall–Kier alpha value is -1.05. The standard InChI is InChI=1S/C13H18N2/c1-7-11(14)8(2)13(10-5-6-10)15-12(7)9-3-4-9/h9-10H,3-6H2,1-2H3,(H2,14,15). The lowest BCUT2D eigenvalue weighted by atomic mass is 10.0. The normalized spacial score (nSPS) is 20.7. The smallest absolute Gasteiger partial charge is 0.0487 e. The fourth-order valence-electron chi connectivity index (χ4n) is 2.36. The first-order valence-corrected chi connectivity index (χ1v) is 5.95. The average molecular weight is 202 g/mol. The minimum atomic E-state index is 0.713. The van der Waals surface area contributed by atoms with Crippen molar-refractivity contribution in [1.82, 2.24) is 4.98 Å². The van der Waals surface area contributed by atoms with Crippen molar-refractivity contribution < 1.29 is 0 Å². The number of nitrogens with zero attached hydrogens (tertiary/aromatic N) is 1. The van der Waals surface area contributed by atoms with Crippen molar-refractivity contribution in [3.8, 4) is 0 Å². The van der Waals surface area contributed by atoms with Crippen LogP contribution in [0, 0.1) is 13.8 Å². The van der Waals surface area contributed by atoms with Gasteiger partial charge < -0.3 is 5.73 Å². The summed E-state index contributed by atoms with van der Waals surface area (Å²) in [6.45, 7) is 4.25. The lowest BCUT2D eigenvalue weighted by Gasteiger charge is -2.14. The van der Waals surface area contributed by atoms with Gasteiger partial charge >= 0.3 is 0 Å². The predicted octanol–water partition coefficient (Wildman–Crippen LogP) is 3.04. The molecule has 3 rings (SSSR count). The van der Waals surface area contributed by atoms with Crippen LogP contribution in [0.4, 0.5) is 5.69 Å². The van der Waals surface area contributed by atoms with Crippen LogP contribution in [-0.2, 0) is 0 Å². The van der Waals surface area contributed by atoms with Crippen LogP contribution in [0.5, 0.6) is 0 Å². The highest BCUT2D eigenvalue weighted by molar-refractivity contribution is 5.58. The molecule has 0 unspecified atom stereocenters. The van der Waals surface area contributed by atoms with Gasteiger partial charge in [0.25, 0.3) is 0 Å². The van der Waals surface area contributed by atoms with Gasteiger partial charge in [0.1, 0.15) is 0 Å². The monoisotopic (exact) mass is 202 g/mol. The highest BCUT2D eigenvalue weighted by Crippen LogP contribution is 2.46. The second-order valence-electron chi connectivity index (χ2n) is 5.09. The zero-order valence-electron chi connectivity index (χ0n) is 9.51. The van der Waals surface area contributed by atoms with E-state index in [-0.39, 0.29) is 0 Å². The van der Waals surface area contributed by atoms with E-state index in [4.69, 9.17) is 10.7 Å². The van der Waals surface area contributed by atoms with E-state index in [1.165, 1.54) is 48.2 Å². The van der Waals surface area contributed by atoms with Gasteiger partial charge in [0.15, 0.2) is 0 Å². The third-order valence-corrected chi connectivity index (χ3v) is 3.75. The van der Waals surface area contributed by atoms with Crippen molar-refractivity contribution in [2.24, 2.45) is 0 Å². The number of hydrogen-bond donors (Lipinski definition) is 1. The third kappa shape index (κ3) is 1.43. The van der Waals surface area contributed by atoms with Gasteiger partial charge in [-0.15, -0.1) is 0 Å². The van der Waals surface area contributed by atoms with Gasteiger partial charge in [0, 0.05) is 28.9 Å². The summed E-state index contributed by atoms with van der Waals surface area (Å²) >= 11 is 0. The molecule has 2 aliphatic carbocycles. The Kier molecular flexibility index (Phi) is 1.82. The van der Waals surface area contributed by atoms with Gasteiger partial charge in [-0.2, -0.15) is 0 Å². The first-order chi connectivity index (χ1) is 7.18. The van der Waals surface area contributed by atoms with Gasteiger partial charge in [0.2, 0.25) is 0 Å². The zero-order valence-corrected chi connectivity index (χ0v) is 9.51. The molecule has 80 valence electrons. The second kappa shape index (κ2) is 2.97. The Morgan fingerprint density at radius 2 is 1.33 bits per heavy atom. The summed E-state index contributed by atoms with van der Waals surface area (Å²) < 4.78 is 0. The van der Waals surface area contributed by atoms with Crippen molar-refractivity contribution >= 4 is 5.69 Å². The maximum absolute atomic E-state index is 6.17. The van der Waals surface area contributed by atoms with Crippen molar-refractivity contribution in [1.29, 1.82) is 0 Å². The highest BCUT2D eigenvalue weighted by Gasteiger charge is 2.32. The largest absolute Gasteiger partial charge is 0.398 e. The first-order valence-electron chi connectivity index (χ1n) is 5.95. The molecule has 0 atom stereocenters. The van der Waals surface area contributed by atoms with E-state index in [0.717, 1.165) is 5.69 Å². The van der Waals surface area contributed by atoms with Crippen molar-refractivity contribution in [2.75, 3.05) is 5.73 Å². The van der Waals surface area contributed by atoms with Crippen LogP contribution >= 0.6 is 0 Å². The highest BCUT2D eigenvalue weighted by atomic mass is 14.8. The van der Waals surface area contributed by atoms with Crippen molar-refractivity contribution in [3.63, 3.8) is 0 Å². The fraction of sp³-hybridized carbons (Fsp3) is 0.615. The second-order valence-corrected chi connectivity index (χ2v) is 5.09. The maximum Gasteiger partial charge on any atom is 0.0487 e. The molecular formula is C13H18N2. The molecule has 2 nitrogen and oxygen atoms in total. The van der Waals surface area contributed by atoms with Crippen LogP contribution in [0.3, 0.4) is 0 Å². The summed E-state index contributed by atoms with van der Waals surface area (Å²) in [5.41, 5.74) is 12.2. The summed E-state index contributed by atoms with van der Waals surface area (Å²) in [6, 6.07) is 0. The van der Waals surface area contributed by atoms with Gasteiger partial charge in [-0.3, -0.25) is 4.98 Å². The molecule has 2 fully saturated rings. The van der Waals surface area contributed by atoms with Crippen molar-refractivity contribution in [3.05, 3.63) is 22.5 Å². The van der Waals surface area contributed by atoms with Crippen LogP contribution in [0.15, 0.2) is 0 Å². The SMILES string of the molecule is Cc1c(C2CC2)nc(C2CC2)c(C)c1N. The van der Waals surface area contributed by atoms with Crippen LogP contribution in [-0.4, -0.2) is 4.98 Å². The Morgan fingerprint density at radius 3 is 1.67 bits per heavy atom. The van der Waals surface area contributed by atoms with Crippen molar-refractivity contribution in [2.45, 2.75) is 51.4 Å². The minimum absolute atomic E-state index is 0.713. The molecule has 0 spiro atoms. The molecule has 0 aromatic carbocycles. The fourth-order valence-corrected chi connectivity index (χ4v) is 2.36. The minimum Gasteiger partial charge on any atom is -0.398 e. The Bertz CT molecular complexity index is 379. The molecule has 0 aliphatic heterocycles. The summed E-state index contributed by atoms with van der Waals surface area (Å²) in [4.78, 5) is 4.88. The molecule has 0 amide bonds. The molecule has 2 saturated carbocycles. The van der Waals surface area contributed by atoms with Crippen LogP contribution in [0.2, 0.25) is 0 Å². The molecule has 1 heterocycles. The maximum atomic E-state index is 6.17. The van der Waals surface area contributed by atoms with Gasteiger partial charge in [-0.05, 0) is 50.7 Å². The van der Waals surface area contributed by atoms with E-state index in [0.29, 0.717) is 11.8 Å². The van der Waals surface area contributed by atoms with E-state index < -0.39 is 0 Å². The number of pyridine rings is 1. The molecule has 2 N–H and O–H groups in total. The molecule has 2 heteroatoms. The van der Waals surface area contributed by atoms with Gasteiger partial charge in [0.05, 0.1) is 0 Å². The molecule has 1 aromatic heterocycles. The number of hydrogen-bond acceptors (Lipinski definition) is 2. The van der Waals surface area contributed by atoms with Crippen LogP contribution < -0.4 is 5.73 Å². The number of rotatable bonds is 2.